The maximum absolute atomic E-state index is 11.6. The Hall–Kier alpha value is -1.31. The van der Waals surface area contributed by atoms with E-state index in [1.807, 2.05) is 18.2 Å². The molecule has 0 radical (unpaired) electrons. The molecule has 2 rings (SSSR count). The minimum absolute atomic E-state index is 0.247. The monoisotopic (exact) mass is 190 g/mol. The van der Waals surface area contributed by atoms with Crippen LogP contribution in [0.3, 0.4) is 0 Å². The summed E-state index contributed by atoms with van der Waals surface area (Å²) in [7, 11) is 1.62. The van der Waals surface area contributed by atoms with Crippen LogP contribution in [0.15, 0.2) is 18.2 Å². The van der Waals surface area contributed by atoms with E-state index >= 15 is 0 Å². The second kappa shape index (κ2) is 3.45. The van der Waals surface area contributed by atoms with Crippen LogP contribution in [0.1, 0.15) is 41.6 Å². The number of carbonyl (C=O) groups is 1. The third kappa shape index (κ3) is 1.41. The van der Waals surface area contributed by atoms with Gasteiger partial charge in [0.05, 0.1) is 7.11 Å². The Kier molecular flexibility index (Phi) is 2.28. The van der Waals surface area contributed by atoms with E-state index in [1.54, 1.807) is 7.11 Å². The SMILES string of the molecule is COc1ccc2c(c1)C(=O)CC[C@H]2C. The molecule has 1 aliphatic carbocycles. The Morgan fingerprint density at radius 3 is 2.93 bits per heavy atom. The van der Waals surface area contributed by atoms with Crippen molar-refractivity contribution in [1.82, 2.24) is 0 Å². The van der Waals surface area contributed by atoms with Crippen molar-refractivity contribution in [1.29, 1.82) is 0 Å². The van der Waals surface area contributed by atoms with Crippen LogP contribution in [0.2, 0.25) is 0 Å². The van der Waals surface area contributed by atoms with E-state index in [9.17, 15) is 4.79 Å². The van der Waals surface area contributed by atoms with Crippen molar-refractivity contribution < 1.29 is 9.53 Å². The smallest absolute Gasteiger partial charge is 0.163 e. The quantitative estimate of drug-likeness (QED) is 0.680. The van der Waals surface area contributed by atoms with Gasteiger partial charge in [0, 0.05) is 12.0 Å². The van der Waals surface area contributed by atoms with Gasteiger partial charge in [0.15, 0.2) is 5.78 Å². The fourth-order valence-corrected chi connectivity index (χ4v) is 1.97. The lowest BCUT2D eigenvalue weighted by Gasteiger charge is -2.21. The number of hydrogen-bond acceptors (Lipinski definition) is 2. The summed E-state index contributed by atoms with van der Waals surface area (Å²) in [6, 6.07) is 5.79. The number of rotatable bonds is 1. The fourth-order valence-electron chi connectivity index (χ4n) is 1.97. The van der Waals surface area contributed by atoms with Crippen molar-refractivity contribution in [3.05, 3.63) is 29.3 Å². The van der Waals surface area contributed by atoms with Gasteiger partial charge in [-0.25, -0.2) is 0 Å². The third-order valence-electron chi connectivity index (χ3n) is 2.90. The average molecular weight is 190 g/mol. The van der Waals surface area contributed by atoms with E-state index in [-0.39, 0.29) is 5.78 Å². The maximum atomic E-state index is 11.6. The second-order valence-electron chi connectivity index (χ2n) is 3.82. The molecule has 2 nitrogen and oxygen atoms in total. The Morgan fingerprint density at radius 2 is 2.21 bits per heavy atom. The van der Waals surface area contributed by atoms with Crippen molar-refractivity contribution >= 4 is 5.78 Å². The molecule has 0 aromatic heterocycles. The average Bonchev–Trinajstić information content (AvgIpc) is 2.23. The van der Waals surface area contributed by atoms with Gasteiger partial charge in [-0.2, -0.15) is 0 Å². The molecule has 1 aliphatic rings. The molecule has 0 amide bonds. The van der Waals surface area contributed by atoms with Gasteiger partial charge in [-0.15, -0.1) is 0 Å². The number of hydrogen-bond donors (Lipinski definition) is 0. The first kappa shape index (κ1) is 9.25. The molecule has 1 aromatic rings. The Balaban J connectivity index is 2.50. The highest BCUT2D eigenvalue weighted by molar-refractivity contribution is 5.99. The molecule has 0 saturated heterocycles. The lowest BCUT2D eigenvalue weighted by Crippen LogP contribution is -2.13. The Morgan fingerprint density at radius 1 is 1.43 bits per heavy atom. The molecule has 14 heavy (non-hydrogen) atoms. The summed E-state index contributed by atoms with van der Waals surface area (Å²) in [5.41, 5.74) is 2.02. The molecule has 74 valence electrons. The molecule has 2 heteroatoms. The maximum Gasteiger partial charge on any atom is 0.163 e. The molecular weight excluding hydrogens is 176 g/mol. The minimum Gasteiger partial charge on any atom is -0.497 e. The van der Waals surface area contributed by atoms with Crippen LogP contribution in [-0.4, -0.2) is 12.9 Å². The van der Waals surface area contributed by atoms with Crippen LogP contribution >= 0.6 is 0 Å². The molecule has 0 fully saturated rings. The molecular formula is C12H14O2. The number of methoxy groups -OCH3 is 1. The van der Waals surface area contributed by atoms with E-state index in [1.165, 1.54) is 5.56 Å². The summed E-state index contributed by atoms with van der Waals surface area (Å²) in [5.74, 6) is 1.51. The predicted molar refractivity (Wildman–Crippen MR) is 55.0 cm³/mol. The van der Waals surface area contributed by atoms with Crippen LogP contribution < -0.4 is 4.74 Å². The summed E-state index contributed by atoms with van der Waals surface area (Å²) in [5, 5.41) is 0. The van der Waals surface area contributed by atoms with Crippen LogP contribution in [0.5, 0.6) is 5.75 Å². The molecule has 1 aromatic carbocycles. The second-order valence-corrected chi connectivity index (χ2v) is 3.82. The highest BCUT2D eigenvalue weighted by Gasteiger charge is 2.22. The lowest BCUT2D eigenvalue weighted by atomic mass is 9.83. The number of Topliss-reactive ketones (excluding diaryl/α,β-unsaturated/α-hetero) is 1. The zero-order valence-electron chi connectivity index (χ0n) is 8.54. The van der Waals surface area contributed by atoms with Crippen LogP contribution in [-0.2, 0) is 0 Å². The first-order valence-electron chi connectivity index (χ1n) is 4.93. The topological polar surface area (TPSA) is 26.3 Å². The highest BCUT2D eigenvalue weighted by Crippen LogP contribution is 2.32. The number of benzene rings is 1. The van der Waals surface area contributed by atoms with E-state index in [0.717, 1.165) is 17.7 Å². The van der Waals surface area contributed by atoms with E-state index in [2.05, 4.69) is 6.92 Å². The Bertz CT molecular complexity index is 369. The molecule has 1 atom stereocenters. The molecule has 0 spiro atoms. The van der Waals surface area contributed by atoms with Crippen LogP contribution in [0.4, 0.5) is 0 Å². The van der Waals surface area contributed by atoms with E-state index in [0.29, 0.717) is 12.3 Å². The van der Waals surface area contributed by atoms with Crippen LogP contribution in [0.25, 0.3) is 0 Å². The van der Waals surface area contributed by atoms with Crippen molar-refractivity contribution in [2.75, 3.05) is 7.11 Å². The number of fused-ring (bicyclic) bond motifs is 1. The normalized spacial score (nSPS) is 20.4. The van der Waals surface area contributed by atoms with Gasteiger partial charge in [0.25, 0.3) is 0 Å². The predicted octanol–water partition coefficient (Wildman–Crippen LogP) is 2.78. The van der Waals surface area contributed by atoms with E-state index in [4.69, 9.17) is 4.74 Å². The van der Waals surface area contributed by atoms with Gasteiger partial charge >= 0.3 is 0 Å². The number of ether oxygens (including phenoxy) is 1. The fraction of sp³-hybridized carbons (Fsp3) is 0.417. The van der Waals surface area contributed by atoms with Gasteiger partial charge < -0.3 is 4.74 Å². The largest absolute Gasteiger partial charge is 0.497 e. The van der Waals surface area contributed by atoms with E-state index < -0.39 is 0 Å². The van der Waals surface area contributed by atoms with Crippen molar-refractivity contribution in [2.45, 2.75) is 25.7 Å². The lowest BCUT2D eigenvalue weighted by molar-refractivity contribution is 0.0967. The molecule has 0 unspecified atom stereocenters. The summed E-state index contributed by atoms with van der Waals surface area (Å²) in [4.78, 5) is 11.6. The minimum atomic E-state index is 0.247. The van der Waals surface area contributed by atoms with Gasteiger partial charge in [0.1, 0.15) is 5.75 Å². The summed E-state index contributed by atoms with van der Waals surface area (Å²) >= 11 is 0. The van der Waals surface area contributed by atoms with Gasteiger partial charge in [-0.3, -0.25) is 4.79 Å². The van der Waals surface area contributed by atoms with Gasteiger partial charge in [-0.05, 0) is 30.0 Å². The third-order valence-corrected chi connectivity index (χ3v) is 2.90. The Labute approximate surface area is 83.9 Å². The van der Waals surface area contributed by atoms with Crippen LogP contribution in [0, 0.1) is 0 Å². The summed E-state index contributed by atoms with van der Waals surface area (Å²) < 4.78 is 5.11. The number of ketones is 1. The zero-order chi connectivity index (χ0) is 10.1. The molecule has 0 N–H and O–H groups in total. The standard InChI is InChI=1S/C12H14O2/c1-8-3-6-12(13)11-7-9(14-2)4-5-10(8)11/h4-5,7-8H,3,6H2,1-2H3/t8-/m1/s1. The first-order valence-corrected chi connectivity index (χ1v) is 4.93. The summed E-state index contributed by atoms with van der Waals surface area (Å²) in [6.07, 6.45) is 1.64. The molecule has 0 bridgehead atoms. The molecule has 0 heterocycles. The highest BCUT2D eigenvalue weighted by atomic mass is 16.5. The van der Waals surface area contributed by atoms with Crippen molar-refractivity contribution in [3.63, 3.8) is 0 Å². The zero-order valence-corrected chi connectivity index (χ0v) is 8.54. The molecule has 0 aliphatic heterocycles. The summed E-state index contributed by atoms with van der Waals surface area (Å²) in [6.45, 7) is 2.16. The van der Waals surface area contributed by atoms with Gasteiger partial charge in [0.2, 0.25) is 0 Å². The number of carbonyl (C=O) groups excluding carboxylic acids is 1. The van der Waals surface area contributed by atoms with Crippen molar-refractivity contribution in [2.24, 2.45) is 0 Å². The molecule has 0 saturated carbocycles. The van der Waals surface area contributed by atoms with Crippen molar-refractivity contribution in [3.8, 4) is 5.75 Å². The van der Waals surface area contributed by atoms with Gasteiger partial charge in [-0.1, -0.05) is 13.0 Å². The first-order chi connectivity index (χ1) is 6.72.